The van der Waals surface area contributed by atoms with Crippen molar-refractivity contribution in [2.24, 2.45) is 5.92 Å². The molecule has 13 heteroatoms. The molecule has 51 heavy (non-hydrogen) atoms. The number of aromatic nitrogens is 5. The first-order valence-corrected chi connectivity index (χ1v) is 18.2. The Labute approximate surface area is 306 Å². The zero-order chi connectivity index (χ0) is 36.8. The maximum Gasteiger partial charge on any atom is 0.248 e. The van der Waals surface area contributed by atoms with E-state index in [4.69, 9.17) is 0 Å². The fourth-order valence-corrected chi connectivity index (χ4v) is 7.18. The van der Waals surface area contributed by atoms with E-state index in [0.29, 0.717) is 57.7 Å². The zero-order valence-corrected chi connectivity index (χ0v) is 31.7. The first-order chi connectivity index (χ1) is 24.4. The van der Waals surface area contributed by atoms with Crippen molar-refractivity contribution in [2.45, 2.75) is 85.6 Å². The molecule has 1 aliphatic rings. The molecule has 4 heterocycles. The molecule has 0 spiro atoms. The lowest BCUT2D eigenvalue weighted by atomic mass is 9.99. The summed E-state index contributed by atoms with van der Waals surface area (Å²) in [5.74, 6) is 0.0603. The molecule has 3 aromatic heterocycles. The van der Waals surface area contributed by atoms with Gasteiger partial charge in [-0.25, -0.2) is 19.3 Å². The molecule has 2 amide bonds. The SMILES string of the molecule is C/C=C/Cc1ccc(Br)nc1NC(=O)[C@@H]1C[C@H](CN(C)CCCC)[C@@H](C)N1C(=O)Cn1nc(C(C)=O)c2cc(-c3cnc(C)nc3)cc(CF)c21. The van der Waals surface area contributed by atoms with Crippen LogP contribution in [0, 0.1) is 12.8 Å². The fourth-order valence-electron chi connectivity index (χ4n) is 6.87. The number of Topliss-reactive ketones (excluding diaryl/α,β-unsaturated/α-hetero) is 1. The number of alkyl halides is 1. The third kappa shape index (κ3) is 8.58. The lowest BCUT2D eigenvalue weighted by molar-refractivity contribution is -0.139. The Morgan fingerprint density at radius 2 is 1.88 bits per heavy atom. The standard InChI is InChI=1S/C38H46BrFN8O3/c1-7-9-11-26-12-13-33(39)43-37(26)44-38(51)32-17-29(21-46(6)14-10-8-2)23(3)48(32)34(50)22-47-36-28(18-40)15-27(30-19-41-25(5)42-20-30)16-31(36)35(45-47)24(4)49/h7,9,12-13,15-16,19-20,23,29,32H,8,10-11,14,17-18,21-22H2,1-6H3,(H,43,44,51)/b9-7+/t23-,29-,32+/m1/s1. The summed E-state index contributed by atoms with van der Waals surface area (Å²) in [6.45, 7) is 9.73. The van der Waals surface area contributed by atoms with Crippen LogP contribution in [0.4, 0.5) is 10.2 Å². The maximum atomic E-state index is 14.8. The van der Waals surface area contributed by atoms with E-state index < -0.39 is 12.7 Å². The number of ketones is 1. The largest absolute Gasteiger partial charge is 0.326 e. The fraction of sp³-hybridized carbons (Fsp3) is 0.447. The Morgan fingerprint density at radius 3 is 2.55 bits per heavy atom. The number of nitrogens with zero attached hydrogens (tertiary/aromatic N) is 7. The summed E-state index contributed by atoms with van der Waals surface area (Å²) in [4.78, 5) is 58.4. The van der Waals surface area contributed by atoms with Gasteiger partial charge in [0.2, 0.25) is 11.8 Å². The minimum absolute atomic E-state index is 0.0207. The molecular weight excluding hydrogens is 715 g/mol. The smallest absolute Gasteiger partial charge is 0.248 e. The van der Waals surface area contributed by atoms with Crippen LogP contribution in [0.15, 0.2) is 53.4 Å². The van der Waals surface area contributed by atoms with Gasteiger partial charge < -0.3 is 15.1 Å². The van der Waals surface area contributed by atoms with E-state index in [1.807, 2.05) is 38.1 Å². The van der Waals surface area contributed by atoms with Gasteiger partial charge >= 0.3 is 0 Å². The normalized spacial score (nSPS) is 17.6. The van der Waals surface area contributed by atoms with Crippen LogP contribution < -0.4 is 5.32 Å². The van der Waals surface area contributed by atoms with Crippen molar-refractivity contribution in [2.75, 3.05) is 25.5 Å². The number of likely N-dealkylation sites (tertiary alicyclic amines) is 1. The van der Waals surface area contributed by atoms with Crippen molar-refractivity contribution >= 4 is 50.2 Å². The second kappa shape index (κ2) is 16.8. The summed E-state index contributed by atoms with van der Waals surface area (Å²) in [6.07, 6.45) is 10.4. The summed E-state index contributed by atoms with van der Waals surface area (Å²) in [5, 5.41) is 8.03. The number of aryl methyl sites for hydroxylation is 1. The van der Waals surface area contributed by atoms with Gasteiger partial charge in [0, 0.05) is 48.4 Å². The van der Waals surface area contributed by atoms with Crippen molar-refractivity contribution < 1.29 is 18.8 Å². The predicted octanol–water partition coefficient (Wildman–Crippen LogP) is 6.73. The summed E-state index contributed by atoms with van der Waals surface area (Å²) in [7, 11) is 2.07. The molecule has 1 N–H and O–H groups in total. The highest BCUT2D eigenvalue weighted by Crippen LogP contribution is 2.34. The van der Waals surface area contributed by atoms with Gasteiger partial charge in [-0.3, -0.25) is 19.1 Å². The van der Waals surface area contributed by atoms with Crippen molar-refractivity contribution in [3.05, 3.63) is 76.1 Å². The van der Waals surface area contributed by atoms with Gasteiger partial charge in [-0.05, 0) is 105 Å². The van der Waals surface area contributed by atoms with Gasteiger partial charge in [-0.15, -0.1) is 0 Å². The number of allylic oxidation sites excluding steroid dienone is 2. The third-order valence-electron chi connectivity index (χ3n) is 9.57. The average molecular weight is 762 g/mol. The van der Waals surface area contributed by atoms with Crippen LogP contribution in [0.5, 0.6) is 0 Å². The van der Waals surface area contributed by atoms with Crippen LogP contribution >= 0.6 is 15.9 Å². The number of hydrogen-bond donors (Lipinski definition) is 1. The van der Waals surface area contributed by atoms with Gasteiger partial charge in [0.15, 0.2) is 5.78 Å². The lowest BCUT2D eigenvalue weighted by Gasteiger charge is -2.30. The van der Waals surface area contributed by atoms with Gasteiger partial charge in [0.05, 0.1) is 5.52 Å². The highest BCUT2D eigenvalue weighted by molar-refractivity contribution is 9.10. The summed E-state index contributed by atoms with van der Waals surface area (Å²) >= 11 is 3.42. The summed E-state index contributed by atoms with van der Waals surface area (Å²) < 4.78 is 16.7. The number of fused-ring (bicyclic) bond motifs is 1. The van der Waals surface area contributed by atoms with E-state index in [1.54, 1.807) is 36.4 Å². The Bertz CT molecular complexity index is 1930. The van der Waals surface area contributed by atoms with Crippen molar-refractivity contribution in [3.8, 4) is 11.1 Å². The molecule has 1 aliphatic heterocycles. The van der Waals surface area contributed by atoms with E-state index in [-0.39, 0.29) is 47.4 Å². The Kier molecular flexibility index (Phi) is 12.5. The maximum absolute atomic E-state index is 14.8. The Morgan fingerprint density at radius 1 is 1.14 bits per heavy atom. The number of rotatable bonds is 14. The van der Waals surface area contributed by atoms with Crippen molar-refractivity contribution in [1.29, 1.82) is 0 Å². The van der Waals surface area contributed by atoms with Gasteiger partial charge in [-0.1, -0.05) is 31.6 Å². The minimum Gasteiger partial charge on any atom is -0.326 e. The van der Waals surface area contributed by atoms with Gasteiger partial charge in [0.1, 0.15) is 41.2 Å². The number of halogens is 2. The highest BCUT2D eigenvalue weighted by Gasteiger charge is 2.45. The quantitative estimate of drug-likeness (QED) is 0.0853. The van der Waals surface area contributed by atoms with E-state index in [2.05, 4.69) is 60.2 Å². The second-order valence-electron chi connectivity index (χ2n) is 13.3. The van der Waals surface area contributed by atoms with Crippen LogP contribution in [0.1, 0.15) is 74.4 Å². The predicted molar refractivity (Wildman–Crippen MR) is 200 cm³/mol. The van der Waals surface area contributed by atoms with Crippen LogP contribution in [0.25, 0.3) is 22.0 Å². The van der Waals surface area contributed by atoms with E-state index in [9.17, 15) is 18.8 Å². The molecule has 1 aromatic carbocycles. The number of carbonyl (C=O) groups excluding carboxylic acids is 3. The molecule has 270 valence electrons. The van der Waals surface area contributed by atoms with Crippen molar-refractivity contribution in [1.82, 2.24) is 34.5 Å². The molecular formula is C38H46BrFN8O3. The molecule has 0 bridgehead atoms. The molecule has 1 fully saturated rings. The van der Waals surface area contributed by atoms with Crippen LogP contribution in [-0.4, -0.2) is 84.4 Å². The minimum atomic E-state index is -0.846. The highest BCUT2D eigenvalue weighted by atomic mass is 79.9. The zero-order valence-electron chi connectivity index (χ0n) is 30.1. The number of hydrogen-bond acceptors (Lipinski definition) is 8. The molecule has 11 nitrogen and oxygen atoms in total. The van der Waals surface area contributed by atoms with Crippen molar-refractivity contribution in [3.63, 3.8) is 0 Å². The molecule has 0 saturated carbocycles. The summed E-state index contributed by atoms with van der Waals surface area (Å²) in [6, 6.07) is 6.12. The molecule has 0 radical (unpaired) electrons. The Balaban J connectivity index is 1.51. The molecule has 4 aromatic rings. The number of pyridine rings is 1. The monoisotopic (exact) mass is 760 g/mol. The topological polar surface area (TPSA) is 126 Å². The third-order valence-corrected chi connectivity index (χ3v) is 10.0. The molecule has 0 unspecified atom stereocenters. The number of nitrogens with one attached hydrogen (secondary N) is 1. The van der Waals surface area contributed by atoms with Crippen LogP contribution in [-0.2, 0) is 29.2 Å². The number of anilines is 1. The number of unbranched alkanes of at least 4 members (excludes halogenated alkanes) is 1. The summed E-state index contributed by atoms with van der Waals surface area (Å²) in [5.41, 5.74) is 2.93. The first kappa shape index (κ1) is 37.9. The first-order valence-electron chi connectivity index (χ1n) is 17.4. The molecule has 3 atom stereocenters. The van der Waals surface area contributed by atoms with Gasteiger partial charge in [0.25, 0.3) is 0 Å². The van der Waals surface area contributed by atoms with E-state index >= 15 is 0 Å². The molecule has 1 saturated heterocycles. The van der Waals surface area contributed by atoms with E-state index in [1.165, 1.54) is 11.6 Å². The Hall–Kier alpha value is -4.36. The molecule has 0 aliphatic carbocycles. The lowest BCUT2D eigenvalue weighted by Crippen LogP contribution is -2.48. The number of benzene rings is 1. The number of amides is 2. The van der Waals surface area contributed by atoms with Gasteiger partial charge in [-0.2, -0.15) is 5.10 Å². The van der Waals surface area contributed by atoms with Crippen LogP contribution in [0.2, 0.25) is 0 Å². The molecule has 5 rings (SSSR count). The van der Waals surface area contributed by atoms with E-state index in [0.717, 1.165) is 24.9 Å². The van der Waals surface area contributed by atoms with Crippen LogP contribution in [0.3, 0.4) is 0 Å². The number of carbonyl (C=O) groups is 3. The average Bonchev–Trinajstić information content (AvgIpc) is 3.64. The second-order valence-corrected chi connectivity index (χ2v) is 14.1.